The molecular weight excluding hydrogens is 174 g/mol. The highest BCUT2D eigenvalue weighted by atomic mass is 16.5. The third-order valence-corrected chi connectivity index (χ3v) is 4.65. The molecule has 3 saturated heterocycles. The second kappa shape index (κ2) is 2.53. The Kier molecular flexibility index (Phi) is 1.66. The highest BCUT2D eigenvalue weighted by molar-refractivity contribution is 5.15. The number of hydrogen-bond donors (Lipinski definition) is 0. The van der Waals surface area contributed by atoms with Crippen molar-refractivity contribution in [1.29, 1.82) is 0 Å². The Bertz CT molecular complexity index is 258. The Balaban J connectivity index is 2.04. The molecule has 2 bridgehead atoms. The average molecular weight is 195 g/mol. The van der Waals surface area contributed by atoms with E-state index in [0.717, 1.165) is 0 Å². The van der Waals surface area contributed by atoms with E-state index in [1.807, 2.05) is 0 Å². The molecule has 0 aromatic carbocycles. The van der Waals surface area contributed by atoms with Crippen molar-refractivity contribution in [3.05, 3.63) is 0 Å². The molecule has 0 aliphatic carbocycles. The van der Waals surface area contributed by atoms with Gasteiger partial charge in [-0.2, -0.15) is 0 Å². The minimum absolute atomic E-state index is 0.364. The molecule has 3 rings (SSSR count). The van der Waals surface area contributed by atoms with Crippen LogP contribution in [0.25, 0.3) is 0 Å². The summed E-state index contributed by atoms with van der Waals surface area (Å²) < 4.78 is 6.10. The summed E-state index contributed by atoms with van der Waals surface area (Å²) in [5, 5.41) is 0. The highest BCUT2D eigenvalue weighted by Gasteiger charge is 2.64. The van der Waals surface area contributed by atoms with Crippen LogP contribution in [0.2, 0.25) is 0 Å². The first kappa shape index (κ1) is 9.17. The Hall–Kier alpha value is -0.0800. The molecule has 3 heterocycles. The van der Waals surface area contributed by atoms with Gasteiger partial charge in [0, 0.05) is 6.54 Å². The Morgan fingerprint density at radius 3 is 2.71 bits per heavy atom. The van der Waals surface area contributed by atoms with Crippen molar-refractivity contribution in [3.8, 4) is 0 Å². The molecule has 3 unspecified atom stereocenters. The SMILES string of the molecule is CC(C)(C)C12CCCN1C1CCC2O1. The summed E-state index contributed by atoms with van der Waals surface area (Å²) in [5.74, 6) is 0. The van der Waals surface area contributed by atoms with Crippen LogP contribution < -0.4 is 0 Å². The Morgan fingerprint density at radius 1 is 1.29 bits per heavy atom. The molecule has 3 fully saturated rings. The van der Waals surface area contributed by atoms with Crippen LogP contribution in [0.4, 0.5) is 0 Å². The van der Waals surface area contributed by atoms with Crippen molar-refractivity contribution in [3.63, 3.8) is 0 Å². The molecule has 0 aromatic rings. The van der Waals surface area contributed by atoms with E-state index in [2.05, 4.69) is 25.7 Å². The second-order valence-electron chi connectivity index (χ2n) is 6.13. The maximum atomic E-state index is 6.10. The summed E-state index contributed by atoms with van der Waals surface area (Å²) in [6.45, 7) is 8.42. The molecule has 0 amide bonds. The summed E-state index contributed by atoms with van der Waals surface area (Å²) in [7, 11) is 0. The van der Waals surface area contributed by atoms with Gasteiger partial charge in [-0.3, -0.25) is 4.90 Å². The van der Waals surface area contributed by atoms with Gasteiger partial charge < -0.3 is 4.74 Å². The lowest BCUT2D eigenvalue weighted by Gasteiger charge is -2.48. The Labute approximate surface area is 86.6 Å². The van der Waals surface area contributed by atoms with Crippen LogP contribution in [0.15, 0.2) is 0 Å². The van der Waals surface area contributed by atoms with Gasteiger partial charge >= 0.3 is 0 Å². The maximum absolute atomic E-state index is 6.10. The Morgan fingerprint density at radius 2 is 2.07 bits per heavy atom. The molecule has 0 saturated carbocycles. The van der Waals surface area contributed by atoms with E-state index < -0.39 is 0 Å². The molecule has 14 heavy (non-hydrogen) atoms. The monoisotopic (exact) mass is 195 g/mol. The van der Waals surface area contributed by atoms with E-state index in [0.29, 0.717) is 23.3 Å². The van der Waals surface area contributed by atoms with Crippen molar-refractivity contribution in [1.82, 2.24) is 4.90 Å². The molecule has 0 N–H and O–H groups in total. The summed E-state index contributed by atoms with van der Waals surface area (Å²) >= 11 is 0. The van der Waals surface area contributed by atoms with Crippen LogP contribution in [0, 0.1) is 5.41 Å². The van der Waals surface area contributed by atoms with Crippen LogP contribution in [-0.2, 0) is 4.74 Å². The van der Waals surface area contributed by atoms with E-state index in [1.54, 1.807) is 0 Å². The normalized spacial score (nSPS) is 47.4. The van der Waals surface area contributed by atoms with Crippen molar-refractivity contribution < 1.29 is 4.74 Å². The summed E-state index contributed by atoms with van der Waals surface area (Å²) in [5.41, 5.74) is 0.735. The fourth-order valence-electron chi connectivity index (χ4n) is 4.10. The lowest BCUT2D eigenvalue weighted by atomic mass is 9.67. The predicted octanol–water partition coefficient (Wildman–Crippen LogP) is 2.39. The molecular formula is C12H21NO. The first-order chi connectivity index (χ1) is 6.56. The third-order valence-electron chi connectivity index (χ3n) is 4.65. The summed E-state index contributed by atoms with van der Waals surface area (Å²) in [6.07, 6.45) is 6.25. The predicted molar refractivity (Wildman–Crippen MR) is 56.0 cm³/mol. The van der Waals surface area contributed by atoms with Crippen molar-refractivity contribution in [2.24, 2.45) is 5.41 Å². The second-order valence-corrected chi connectivity index (χ2v) is 6.13. The van der Waals surface area contributed by atoms with Crippen molar-refractivity contribution in [2.75, 3.05) is 6.54 Å². The topological polar surface area (TPSA) is 12.5 Å². The van der Waals surface area contributed by atoms with Crippen LogP contribution in [0.3, 0.4) is 0 Å². The lowest BCUT2D eigenvalue weighted by molar-refractivity contribution is 0.00842. The minimum Gasteiger partial charge on any atom is -0.358 e. The van der Waals surface area contributed by atoms with Crippen LogP contribution in [0.1, 0.15) is 46.5 Å². The van der Waals surface area contributed by atoms with Crippen LogP contribution >= 0.6 is 0 Å². The van der Waals surface area contributed by atoms with Gasteiger partial charge in [0.1, 0.15) is 6.23 Å². The number of fused-ring (bicyclic) bond motifs is 5. The van der Waals surface area contributed by atoms with Crippen LogP contribution in [-0.4, -0.2) is 29.3 Å². The van der Waals surface area contributed by atoms with Crippen LogP contribution in [0.5, 0.6) is 0 Å². The van der Waals surface area contributed by atoms with Gasteiger partial charge in [0.25, 0.3) is 0 Å². The molecule has 3 atom stereocenters. The van der Waals surface area contributed by atoms with Crippen molar-refractivity contribution in [2.45, 2.75) is 64.3 Å². The first-order valence-electron chi connectivity index (χ1n) is 5.98. The number of nitrogens with zero attached hydrogens (tertiary/aromatic N) is 1. The zero-order valence-corrected chi connectivity index (χ0v) is 9.55. The van der Waals surface area contributed by atoms with Gasteiger partial charge in [0.2, 0.25) is 0 Å². The van der Waals surface area contributed by atoms with Gasteiger partial charge in [-0.05, 0) is 31.1 Å². The zero-order chi connectivity index (χ0) is 9.97. The molecule has 2 heteroatoms. The summed E-state index contributed by atoms with van der Waals surface area (Å²) in [6, 6.07) is 0. The average Bonchev–Trinajstić information content (AvgIpc) is 2.74. The largest absolute Gasteiger partial charge is 0.358 e. The molecule has 3 aliphatic heterocycles. The number of rotatable bonds is 0. The summed E-state index contributed by atoms with van der Waals surface area (Å²) in [4.78, 5) is 2.67. The van der Waals surface area contributed by atoms with E-state index in [-0.39, 0.29) is 0 Å². The fourth-order valence-corrected chi connectivity index (χ4v) is 4.10. The molecule has 2 nitrogen and oxygen atoms in total. The lowest BCUT2D eigenvalue weighted by Crippen LogP contribution is -2.58. The molecule has 0 radical (unpaired) electrons. The molecule has 0 spiro atoms. The molecule has 3 aliphatic rings. The van der Waals surface area contributed by atoms with Crippen molar-refractivity contribution >= 4 is 0 Å². The quantitative estimate of drug-likeness (QED) is 0.588. The number of ether oxygens (including phenoxy) is 1. The van der Waals surface area contributed by atoms with Gasteiger partial charge in [0.05, 0.1) is 11.6 Å². The fraction of sp³-hybridized carbons (Fsp3) is 1.00. The smallest absolute Gasteiger partial charge is 0.111 e. The number of piperidine rings is 1. The van der Waals surface area contributed by atoms with E-state index in [9.17, 15) is 0 Å². The third kappa shape index (κ3) is 0.849. The van der Waals surface area contributed by atoms with Gasteiger partial charge in [-0.1, -0.05) is 20.8 Å². The molecule has 0 aromatic heterocycles. The highest BCUT2D eigenvalue weighted by Crippen LogP contribution is 2.56. The molecule has 80 valence electrons. The van der Waals surface area contributed by atoms with Gasteiger partial charge in [0.15, 0.2) is 0 Å². The number of hydrogen-bond acceptors (Lipinski definition) is 2. The van der Waals surface area contributed by atoms with Gasteiger partial charge in [-0.25, -0.2) is 0 Å². The van der Waals surface area contributed by atoms with E-state index >= 15 is 0 Å². The minimum atomic E-state index is 0.364. The van der Waals surface area contributed by atoms with Gasteiger partial charge in [-0.15, -0.1) is 0 Å². The first-order valence-corrected chi connectivity index (χ1v) is 5.98. The maximum Gasteiger partial charge on any atom is 0.111 e. The van der Waals surface area contributed by atoms with E-state index in [4.69, 9.17) is 4.74 Å². The van der Waals surface area contributed by atoms with E-state index in [1.165, 1.54) is 32.2 Å². The zero-order valence-electron chi connectivity index (χ0n) is 9.55. The standard InChI is InChI=1S/C12H21NO/c1-11(2,3)12-7-4-8-13(12)10-6-5-9(12)14-10/h9-10H,4-8H2,1-3H3.